The Morgan fingerprint density at radius 2 is 2.04 bits per heavy atom. The zero-order valence-electron chi connectivity index (χ0n) is 12.1. The number of rotatable bonds is 1. The van der Waals surface area contributed by atoms with Crippen LogP contribution < -0.4 is 19.5 Å². The van der Waals surface area contributed by atoms with Gasteiger partial charge in [0.05, 0.1) is 18.4 Å². The van der Waals surface area contributed by atoms with Crippen molar-refractivity contribution < 1.29 is 24.1 Å². The average molecular weight is 309 g/mol. The van der Waals surface area contributed by atoms with E-state index in [0.29, 0.717) is 33.9 Å². The number of anilines is 1. The summed E-state index contributed by atoms with van der Waals surface area (Å²) in [5, 5.41) is 16.0. The molecule has 0 radical (unpaired) electrons. The summed E-state index contributed by atoms with van der Waals surface area (Å²) in [6.07, 6.45) is 0. The number of aromatic hydroxyl groups is 1. The van der Waals surface area contributed by atoms with Crippen molar-refractivity contribution in [1.29, 1.82) is 0 Å². The van der Waals surface area contributed by atoms with Crippen LogP contribution in [-0.4, -0.2) is 24.9 Å². The molecule has 23 heavy (non-hydrogen) atoms. The van der Waals surface area contributed by atoms with Crippen LogP contribution >= 0.6 is 0 Å². The molecule has 0 aromatic heterocycles. The fraction of sp³-hybridized carbons (Fsp3) is 0.118. The van der Waals surface area contributed by atoms with Crippen LogP contribution in [0.2, 0.25) is 0 Å². The van der Waals surface area contributed by atoms with Gasteiger partial charge >= 0.3 is 0 Å². The maximum atomic E-state index is 12.3. The third-order valence-electron chi connectivity index (χ3n) is 4.36. The first kappa shape index (κ1) is 12.4. The lowest BCUT2D eigenvalue weighted by atomic mass is 9.96. The molecule has 0 fully saturated rings. The molecule has 0 spiro atoms. The van der Waals surface area contributed by atoms with Crippen molar-refractivity contribution in [1.82, 2.24) is 0 Å². The first-order valence-corrected chi connectivity index (χ1v) is 7.09. The number of methoxy groups -OCH3 is 1. The van der Waals surface area contributed by atoms with Gasteiger partial charge in [-0.3, -0.25) is 4.79 Å². The molecular weight excluding hydrogens is 298 g/mol. The first-order chi connectivity index (χ1) is 11.2. The van der Waals surface area contributed by atoms with E-state index in [1.165, 1.54) is 7.11 Å². The van der Waals surface area contributed by atoms with Crippen LogP contribution in [0.15, 0.2) is 24.3 Å². The lowest BCUT2D eigenvalue weighted by Crippen LogP contribution is -2.04. The minimum atomic E-state index is -0.179. The number of nitrogens with one attached hydrogen (secondary N) is 1. The largest absolute Gasteiger partial charge is 0.504 e. The molecule has 2 aliphatic rings. The van der Waals surface area contributed by atoms with E-state index in [-0.39, 0.29) is 18.4 Å². The summed E-state index contributed by atoms with van der Waals surface area (Å²) in [6.45, 7) is 0.121. The molecule has 0 aliphatic carbocycles. The van der Waals surface area contributed by atoms with E-state index in [0.717, 1.165) is 16.2 Å². The SMILES string of the molecule is COc1c(O)ccc2c1cc1c3c(cc4c(c32)OCO4)C(=O)N1. The predicted octanol–water partition coefficient (Wildman–Crippen LogP) is 3.00. The monoisotopic (exact) mass is 309 g/mol. The van der Waals surface area contributed by atoms with Gasteiger partial charge in [0.15, 0.2) is 23.0 Å². The number of carbonyl (C=O) groups excluding carboxylic acids is 1. The number of phenols is 1. The summed E-state index contributed by atoms with van der Waals surface area (Å²) < 4.78 is 16.4. The third-order valence-corrected chi connectivity index (χ3v) is 4.36. The lowest BCUT2D eigenvalue weighted by Gasteiger charge is -2.12. The van der Waals surface area contributed by atoms with Crippen LogP contribution in [0.5, 0.6) is 23.0 Å². The van der Waals surface area contributed by atoms with Crippen molar-refractivity contribution in [3.8, 4) is 23.0 Å². The molecule has 0 bridgehead atoms. The van der Waals surface area contributed by atoms with Crippen LogP contribution in [0.4, 0.5) is 5.69 Å². The first-order valence-electron chi connectivity index (χ1n) is 7.09. The second kappa shape index (κ2) is 3.98. The average Bonchev–Trinajstić information content (AvgIpc) is 3.13. The standard InChI is InChI=1S/C17H11NO5/c1-21-15-8-4-10-13-9(17(20)18-10)5-12-16(23-6-22-12)14(13)7(8)2-3-11(15)19/h2-5,19H,6H2,1H3,(H,18,20). The molecule has 6 nitrogen and oxygen atoms in total. The van der Waals surface area contributed by atoms with E-state index in [1.54, 1.807) is 18.2 Å². The van der Waals surface area contributed by atoms with Gasteiger partial charge in [-0.15, -0.1) is 0 Å². The Kier molecular flexibility index (Phi) is 2.15. The number of hydrogen-bond acceptors (Lipinski definition) is 5. The van der Waals surface area contributed by atoms with Crippen LogP contribution in [0.3, 0.4) is 0 Å². The topological polar surface area (TPSA) is 77.0 Å². The zero-order valence-corrected chi connectivity index (χ0v) is 12.1. The van der Waals surface area contributed by atoms with Crippen LogP contribution in [-0.2, 0) is 0 Å². The molecule has 0 unspecified atom stereocenters. The Balaban J connectivity index is 2.08. The van der Waals surface area contributed by atoms with Gasteiger partial charge in [-0.25, -0.2) is 0 Å². The Morgan fingerprint density at radius 3 is 2.87 bits per heavy atom. The Morgan fingerprint density at radius 1 is 1.17 bits per heavy atom. The zero-order chi connectivity index (χ0) is 15.7. The lowest BCUT2D eigenvalue weighted by molar-refractivity contribution is 0.103. The van der Waals surface area contributed by atoms with Gasteiger partial charge in [0.25, 0.3) is 5.91 Å². The molecule has 5 rings (SSSR count). The van der Waals surface area contributed by atoms with E-state index in [1.807, 2.05) is 6.07 Å². The van der Waals surface area contributed by atoms with Gasteiger partial charge < -0.3 is 24.6 Å². The number of amides is 1. The molecule has 6 heteroatoms. The molecule has 2 heterocycles. The molecule has 0 saturated carbocycles. The van der Waals surface area contributed by atoms with E-state index >= 15 is 0 Å². The van der Waals surface area contributed by atoms with Gasteiger partial charge in [0, 0.05) is 16.2 Å². The third kappa shape index (κ3) is 1.40. The molecule has 0 saturated heterocycles. The number of carbonyl (C=O) groups is 1. The molecular formula is C17H11NO5. The van der Waals surface area contributed by atoms with Gasteiger partial charge in [0.1, 0.15) is 0 Å². The minimum Gasteiger partial charge on any atom is -0.504 e. The van der Waals surface area contributed by atoms with Crippen LogP contribution in [0.25, 0.3) is 21.5 Å². The highest BCUT2D eigenvalue weighted by atomic mass is 16.7. The van der Waals surface area contributed by atoms with Gasteiger partial charge in [-0.1, -0.05) is 0 Å². The second-order valence-electron chi connectivity index (χ2n) is 5.50. The highest BCUT2D eigenvalue weighted by Gasteiger charge is 2.31. The van der Waals surface area contributed by atoms with Crippen molar-refractivity contribution in [3.05, 3.63) is 29.8 Å². The van der Waals surface area contributed by atoms with Crippen LogP contribution in [0, 0.1) is 0 Å². The second-order valence-corrected chi connectivity index (χ2v) is 5.50. The number of hydrogen-bond donors (Lipinski definition) is 2. The van der Waals surface area contributed by atoms with E-state index in [2.05, 4.69) is 5.32 Å². The molecule has 1 amide bonds. The van der Waals surface area contributed by atoms with Crippen molar-refractivity contribution in [3.63, 3.8) is 0 Å². The van der Waals surface area contributed by atoms with Crippen LogP contribution in [0.1, 0.15) is 10.4 Å². The summed E-state index contributed by atoms with van der Waals surface area (Å²) >= 11 is 0. The van der Waals surface area contributed by atoms with Crippen molar-refractivity contribution in [2.24, 2.45) is 0 Å². The normalized spacial score (nSPS) is 14.6. The molecule has 2 N–H and O–H groups in total. The number of fused-ring (bicyclic) bond motifs is 4. The van der Waals surface area contributed by atoms with E-state index < -0.39 is 0 Å². The number of phenolic OH excluding ortho intramolecular Hbond substituents is 1. The summed E-state index contributed by atoms with van der Waals surface area (Å²) in [5.74, 6) is 1.39. The summed E-state index contributed by atoms with van der Waals surface area (Å²) in [7, 11) is 1.50. The van der Waals surface area contributed by atoms with E-state index in [9.17, 15) is 9.90 Å². The molecule has 3 aromatic carbocycles. The number of benzene rings is 3. The molecule has 114 valence electrons. The fourth-order valence-electron chi connectivity index (χ4n) is 3.43. The Hall–Kier alpha value is -3.15. The van der Waals surface area contributed by atoms with Crippen molar-refractivity contribution in [2.45, 2.75) is 0 Å². The van der Waals surface area contributed by atoms with E-state index in [4.69, 9.17) is 14.2 Å². The van der Waals surface area contributed by atoms with Crippen molar-refractivity contribution in [2.75, 3.05) is 19.2 Å². The highest BCUT2D eigenvalue weighted by Crippen LogP contribution is 2.51. The Labute approximate surface area is 130 Å². The summed E-state index contributed by atoms with van der Waals surface area (Å²) in [4.78, 5) is 12.3. The summed E-state index contributed by atoms with van der Waals surface area (Å²) in [6, 6.07) is 6.88. The maximum Gasteiger partial charge on any atom is 0.256 e. The summed E-state index contributed by atoms with van der Waals surface area (Å²) in [5.41, 5.74) is 1.24. The maximum absolute atomic E-state index is 12.3. The molecule has 2 aliphatic heterocycles. The molecule has 3 aromatic rings. The van der Waals surface area contributed by atoms with Gasteiger partial charge in [0.2, 0.25) is 6.79 Å². The highest BCUT2D eigenvalue weighted by molar-refractivity contribution is 6.31. The fourth-order valence-corrected chi connectivity index (χ4v) is 3.43. The smallest absolute Gasteiger partial charge is 0.256 e. The predicted molar refractivity (Wildman–Crippen MR) is 83.7 cm³/mol. The van der Waals surface area contributed by atoms with Gasteiger partial charge in [-0.2, -0.15) is 0 Å². The minimum absolute atomic E-state index is 0.0424. The van der Waals surface area contributed by atoms with Crippen molar-refractivity contribution >= 4 is 33.1 Å². The Bertz CT molecular complexity index is 1040. The molecule has 0 atom stereocenters. The van der Waals surface area contributed by atoms with Gasteiger partial charge in [-0.05, 0) is 29.7 Å². The quantitative estimate of drug-likeness (QED) is 0.676. The number of ether oxygens (including phenoxy) is 3.